The molecule has 0 saturated heterocycles. The van der Waals surface area contributed by atoms with E-state index in [1.165, 1.54) is 6.07 Å². The number of aliphatic hydroxyl groups excluding tert-OH is 1. The van der Waals surface area contributed by atoms with Crippen LogP contribution in [-0.2, 0) is 0 Å². The second kappa shape index (κ2) is 6.16. The summed E-state index contributed by atoms with van der Waals surface area (Å²) < 4.78 is 20.6. The maximum absolute atomic E-state index is 13.7. The van der Waals surface area contributed by atoms with Crippen LogP contribution in [0, 0.1) is 26.6 Å². The van der Waals surface area contributed by atoms with E-state index in [0.29, 0.717) is 22.6 Å². The Bertz CT molecular complexity index is 658. The van der Waals surface area contributed by atoms with E-state index in [0.717, 1.165) is 15.6 Å². The number of halogens is 2. The fourth-order valence-corrected chi connectivity index (χ4v) is 2.41. The van der Waals surface area contributed by atoms with Crippen LogP contribution in [0.25, 0.3) is 0 Å². The van der Waals surface area contributed by atoms with Gasteiger partial charge in [-0.3, -0.25) is 0 Å². The van der Waals surface area contributed by atoms with Crippen molar-refractivity contribution in [3.05, 3.63) is 56.8 Å². The summed E-state index contributed by atoms with van der Waals surface area (Å²) in [5.41, 5.74) is 3.04. The van der Waals surface area contributed by atoms with Crippen molar-refractivity contribution in [1.29, 1.82) is 0 Å². The average Bonchev–Trinajstić information content (AvgIpc) is 2.39. The molecule has 2 aromatic rings. The Morgan fingerprint density at radius 1 is 1.05 bits per heavy atom. The highest BCUT2D eigenvalue weighted by Crippen LogP contribution is 2.34. The molecule has 0 aromatic heterocycles. The zero-order valence-electron chi connectivity index (χ0n) is 12.5. The molecule has 1 N–H and O–H groups in total. The molecule has 2 nitrogen and oxygen atoms in total. The summed E-state index contributed by atoms with van der Waals surface area (Å²) in [6.45, 7) is 7.23. The van der Waals surface area contributed by atoms with E-state index in [4.69, 9.17) is 4.74 Å². The second-order valence-electron chi connectivity index (χ2n) is 5.29. The molecule has 4 heteroatoms. The van der Waals surface area contributed by atoms with E-state index in [1.807, 2.05) is 26.0 Å². The Morgan fingerprint density at radius 3 is 2.14 bits per heavy atom. The van der Waals surface area contributed by atoms with Crippen molar-refractivity contribution in [1.82, 2.24) is 0 Å². The summed E-state index contributed by atoms with van der Waals surface area (Å²) in [4.78, 5) is 0. The molecule has 0 amide bonds. The van der Waals surface area contributed by atoms with Gasteiger partial charge in [0.25, 0.3) is 0 Å². The molecule has 0 unspecified atom stereocenters. The van der Waals surface area contributed by atoms with Crippen LogP contribution in [-0.4, -0.2) is 5.11 Å². The lowest BCUT2D eigenvalue weighted by Crippen LogP contribution is -1.99. The molecule has 2 rings (SSSR count). The third-order valence-electron chi connectivity index (χ3n) is 3.38. The molecule has 2 aromatic carbocycles. The normalized spacial score (nSPS) is 12.3. The topological polar surface area (TPSA) is 29.5 Å². The van der Waals surface area contributed by atoms with Gasteiger partial charge in [0.15, 0.2) is 0 Å². The fraction of sp³-hybridized carbons (Fsp3) is 0.294. The van der Waals surface area contributed by atoms with E-state index in [-0.39, 0.29) is 5.82 Å². The van der Waals surface area contributed by atoms with Crippen molar-refractivity contribution in [2.75, 3.05) is 0 Å². The molecule has 0 spiro atoms. The highest BCUT2D eigenvalue weighted by Gasteiger charge is 2.14. The maximum Gasteiger partial charge on any atom is 0.133 e. The molecule has 0 saturated carbocycles. The van der Waals surface area contributed by atoms with Gasteiger partial charge in [0.05, 0.1) is 6.10 Å². The molecule has 0 heterocycles. The Labute approximate surface area is 132 Å². The number of hydrogen-bond acceptors (Lipinski definition) is 2. The standard InChI is InChI=1S/C17H18BrFO2/c1-9-7-16(14(12(4)20)8-15(9)19)21-13-5-10(2)17(18)11(3)6-13/h5-8,12,20H,1-4H3/t12-/m1/s1. The van der Waals surface area contributed by atoms with Gasteiger partial charge in [0, 0.05) is 10.0 Å². The first-order chi connectivity index (χ1) is 9.79. The third kappa shape index (κ3) is 3.44. The molecule has 0 fully saturated rings. The minimum Gasteiger partial charge on any atom is -0.457 e. The largest absolute Gasteiger partial charge is 0.457 e. The first kappa shape index (κ1) is 16.0. The van der Waals surface area contributed by atoms with E-state index in [2.05, 4.69) is 15.9 Å². The molecule has 0 aliphatic rings. The fourth-order valence-electron chi connectivity index (χ4n) is 2.18. The van der Waals surface area contributed by atoms with Gasteiger partial charge in [-0.05, 0) is 68.7 Å². The summed E-state index contributed by atoms with van der Waals surface area (Å²) in [6.07, 6.45) is -0.798. The number of hydrogen-bond donors (Lipinski definition) is 1. The number of benzene rings is 2. The van der Waals surface area contributed by atoms with Crippen LogP contribution in [0.3, 0.4) is 0 Å². The molecule has 0 aliphatic carbocycles. The summed E-state index contributed by atoms with van der Waals surface area (Å²) in [5, 5.41) is 9.80. The molecular weight excluding hydrogens is 335 g/mol. The van der Waals surface area contributed by atoms with Gasteiger partial charge in [-0.2, -0.15) is 0 Å². The van der Waals surface area contributed by atoms with Gasteiger partial charge in [0.2, 0.25) is 0 Å². The van der Waals surface area contributed by atoms with Crippen molar-refractivity contribution >= 4 is 15.9 Å². The summed E-state index contributed by atoms with van der Waals surface area (Å²) in [5.74, 6) is 0.799. The first-order valence-corrected chi connectivity index (χ1v) is 7.51. The quantitative estimate of drug-likeness (QED) is 0.805. The Kier molecular flexibility index (Phi) is 4.69. The van der Waals surface area contributed by atoms with Gasteiger partial charge in [-0.1, -0.05) is 15.9 Å². The summed E-state index contributed by atoms with van der Waals surface area (Å²) in [6, 6.07) is 6.75. The first-order valence-electron chi connectivity index (χ1n) is 6.72. The monoisotopic (exact) mass is 352 g/mol. The van der Waals surface area contributed by atoms with E-state index in [1.54, 1.807) is 19.9 Å². The Hall–Kier alpha value is -1.39. The maximum atomic E-state index is 13.7. The van der Waals surface area contributed by atoms with Crippen LogP contribution in [0.2, 0.25) is 0 Å². The second-order valence-corrected chi connectivity index (χ2v) is 6.08. The minimum atomic E-state index is -0.798. The minimum absolute atomic E-state index is 0.346. The van der Waals surface area contributed by atoms with Crippen molar-refractivity contribution in [3.8, 4) is 11.5 Å². The predicted octanol–water partition coefficient (Wildman–Crippen LogP) is 5.36. The van der Waals surface area contributed by atoms with E-state index >= 15 is 0 Å². The zero-order chi connectivity index (χ0) is 15.7. The van der Waals surface area contributed by atoms with Crippen LogP contribution in [0.1, 0.15) is 35.3 Å². The lowest BCUT2D eigenvalue weighted by atomic mass is 10.1. The van der Waals surface area contributed by atoms with Crippen LogP contribution in [0.5, 0.6) is 11.5 Å². The number of aryl methyl sites for hydroxylation is 3. The predicted molar refractivity (Wildman–Crippen MR) is 85.5 cm³/mol. The third-order valence-corrected chi connectivity index (χ3v) is 4.63. The van der Waals surface area contributed by atoms with Crippen molar-refractivity contribution in [3.63, 3.8) is 0 Å². The molecule has 112 valence electrons. The number of rotatable bonds is 3. The lowest BCUT2D eigenvalue weighted by Gasteiger charge is -2.16. The zero-order valence-corrected chi connectivity index (χ0v) is 14.1. The Balaban J connectivity index is 2.46. The highest BCUT2D eigenvalue weighted by molar-refractivity contribution is 9.10. The highest BCUT2D eigenvalue weighted by atomic mass is 79.9. The van der Waals surface area contributed by atoms with E-state index in [9.17, 15) is 9.50 Å². The van der Waals surface area contributed by atoms with E-state index < -0.39 is 6.10 Å². The van der Waals surface area contributed by atoms with Gasteiger partial charge in [-0.25, -0.2) is 4.39 Å². The van der Waals surface area contributed by atoms with Crippen LogP contribution < -0.4 is 4.74 Å². The van der Waals surface area contributed by atoms with Crippen LogP contribution in [0.15, 0.2) is 28.7 Å². The number of aliphatic hydroxyl groups is 1. The van der Waals surface area contributed by atoms with Gasteiger partial charge < -0.3 is 9.84 Å². The molecule has 0 radical (unpaired) electrons. The van der Waals surface area contributed by atoms with Gasteiger partial charge >= 0.3 is 0 Å². The lowest BCUT2D eigenvalue weighted by molar-refractivity contribution is 0.195. The van der Waals surface area contributed by atoms with Crippen molar-refractivity contribution in [2.24, 2.45) is 0 Å². The molecule has 1 atom stereocenters. The van der Waals surface area contributed by atoms with Gasteiger partial charge in [-0.15, -0.1) is 0 Å². The van der Waals surface area contributed by atoms with Crippen LogP contribution in [0.4, 0.5) is 4.39 Å². The smallest absolute Gasteiger partial charge is 0.133 e. The molecule has 21 heavy (non-hydrogen) atoms. The molecule has 0 bridgehead atoms. The van der Waals surface area contributed by atoms with Crippen molar-refractivity contribution in [2.45, 2.75) is 33.8 Å². The summed E-state index contributed by atoms with van der Waals surface area (Å²) in [7, 11) is 0. The van der Waals surface area contributed by atoms with Crippen molar-refractivity contribution < 1.29 is 14.2 Å². The van der Waals surface area contributed by atoms with Crippen LogP contribution >= 0.6 is 15.9 Å². The van der Waals surface area contributed by atoms with Gasteiger partial charge in [0.1, 0.15) is 17.3 Å². The average molecular weight is 353 g/mol. The Morgan fingerprint density at radius 2 is 1.62 bits per heavy atom. The molecular formula is C17H18BrFO2. The molecule has 0 aliphatic heterocycles. The SMILES string of the molecule is Cc1cc(Oc2cc(C)c(Br)c(C)c2)c([C@@H](C)O)cc1F. The number of ether oxygens (including phenoxy) is 1. The summed E-state index contributed by atoms with van der Waals surface area (Å²) >= 11 is 3.51.